The van der Waals surface area contributed by atoms with Crippen molar-refractivity contribution in [3.05, 3.63) is 46.3 Å². The third-order valence-electron chi connectivity index (χ3n) is 4.59. The molecule has 1 aromatic heterocycles. The average Bonchev–Trinajstić information content (AvgIpc) is 2.71. The predicted octanol–water partition coefficient (Wildman–Crippen LogP) is 2.87. The first-order valence-corrected chi connectivity index (χ1v) is 8.99. The number of aliphatic carboxylic acids is 1. The van der Waals surface area contributed by atoms with Crippen molar-refractivity contribution in [2.45, 2.75) is 26.1 Å². The zero-order valence-corrected chi connectivity index (χ0v) is 15.6. The van der Waals surface area contributed by atoms with Crippen molar-refractivity contribution < 1.29 is 33.1 Å². The van der Waals surface area contributed by atoms with Crippen molar-refractivity contribution in [2.75, 3.05) is 18.0 Å². The third kappa shape index (κ3) is 5.07. The highest BCUT2D eigenvalue weighted by Gasteiger charge is 2.32. The topological polar surface area (TPSA) is 128 Å². The second kappa shape index (κ2) is 9.29. The van der Waals surface area contributed by atoms with Crippen molar-refractivity contribution in [3.8, 4) is 11.6 Å². The van der Waals surface area contributed by atoms with Crippen molar-refractivity contribution in [3.63, 3.8) is 0 Å². The highest BCUT2D eigenvalue weighted by atomic mass is 19.3. The van der Waals surface area contributed by atoms with Gasteiger partial charge in [-0.1, -0.05) is 12.1 Å². The van der Waals surface area contributed by atoms with E-state index in [4.69, 9.17) is 9.84 Å². The fourth-order valence-electron chi connectivity index (χ4n) is 3.15. The number of halogens is 2. The maximum absolute atomic E-state index is 12.4. The van der Waals surface area contributed by atoms with Gasteiger partial charge in [-0.05, 0) is 30.5 Å². The summed E-state index contributed by atoms with van der Waals surface area (Å²) in [5.74, 6) is -1.69. The van der Waals surface area contributed by atoms with Crippen LogP contribution in [0.15, 0.2) is 30.6 Å². The normalized spacial score (nSPS) is 14.6. The lowest BCUT2D eigenvalue weighted by Crippen LogP contribution is -2.37. The van der Waals surface area contributed by atoms with Gasteiger partial charge in [0.05, 0.1) is 10.8 Å². The Labute approximate surface area is 169 Å². The number of aromatic nitrogens is 2. The lowest BCUT2D eigenvalue weighted by atomic mass is 9.97. The monoisotopic (exact) mass is 424 g/mol. The third-order valence-corrected chi connectivity index (χ3v) is 4.59. The van der Waals surface area contributed by atoms with Gasteiger partial charge in [-0.25, -0.2) is 4.98 Å². The Morgan fingerprint density at radius 3 is 2.70 bits per heavy atom. The second-order valence-electron chi connectivity index (χ2n) is 6.52. The first kappa shape index (κ1) is 21.1. The van der Waals surface area contributed by atoms with Gasteiger partial charge in [0.1, 0.15) is 18.7 Å². The summed E-state index contributed by atoms with van der Waals surface area (Å²) in [5, 5.41) is 20.8. The van der Waals surface area contributed by atoms with Gasteiger partial charge in [0.25, 0.3) is 5.88 Å². The molecule has 0 unspecified atom stereocenters. The van der Waals surface area contributed by atoms with E-state index in [0.717, 1.165) is 6.33 Å². The largest absolute Gasteiger partial charge is 0.481 e. The summed E-state index contributed by atoms with van der Waals surface area (Å²) in [7, 11) is 0. The lowest BCUT2D eigenvalue weighted by Gasteiger charge is -2.30. The molecule has 160 valence electrons. The van der Waals surface area contributed by atoms with E-state index in [1.165, 1.54) is 18.2 Å². The molecule has 1 fully saturated rings. The molecule has 2 heterocycles. The van der Waals surface area contributed by atoms with Crippen LogP contribution in [-0.2, 0) is 11.4 Å². The smallest absolute Gasteiger partial charge is 0.387 e. The van der Waals surface area contributed by atoms with Crippen LogP contribution in [0.5, 0.6) is 11.6 Å². The van der Waals surface area contributed by atoms with Crippen LogP contribution in [0.1, 0.15) is 18.4 Å². The fourth-order valence-corrected chi connectivity index (χ4v) is 3.15. The number of benzene rings is 1. The number of carboxylic acids is 1. The SMILES string of the molecule is O=C(O)C1CCN(c2ncnc(OCc3cccc(OC(F)F)c3)c2[N+](=O)[O-])CC1. The Morgan fingerprint density at radius 2 is 2.07 bits per heavy atom. The number of ether oxygens (including phenoxy) is 2. The molecule has 0 saturated carbocycles. The van der Waals surface area contributed by atoms with Gasteiger partial charge in [0.2, 0.25) is 5.82 Å². The molecule has 0 radical (unpaired) electrons. The van der Waals surface area contributed by atoms with Crippen LogP contribution in [0.2, 0.25) is 0 Å². The summed E-state index contributed by atoms with van der Waals surface area (Å²) >= 11 is 0. The van der Waals surface area contributed by atoms with Gasteiger partial charge in [-0.3, -0.25) is 14.9 Å². The maximum Gasteiger partial charge on any atom is 0.387 e. The van der Waals surface area contributed by atoms with Crippen molar-refractivity contribution >= 4 is 17.5 Å². The minimum atomic E-state index is -2.98. The van der Waals surface area contributed by atoms with Crippen LogP contribution >= 0.6 is 0 Å². The molecule has 1 N–H and O–H groups in total. The number of alkyl halides is 2. The minimum Gasteiger partial charge on any atom is -0.481 e. The Morgan fingerprint density at radius 1 is 1.33 bits per heavy atom. The standard InChI is InChI=1S/C18H18F2N4O6/c19-18(20)30-13-3-1-2-11(8-13)9-29-16-14(24(27)28)15(21-10-22-16)23-6-4-12(5-7-23)17(25)26/h1-3,8,10,12,18H,4-7,9H2,(H,25,26). The molecule has 0 bridgehead atoms. The number of anilines is 1. The van der Waals surface area contributed by atoms with E-state index in [1.54, 1.807) is 11.0 Å². The molecule has 0 atom stereocenters. The molecule has 3 rings (SSSR count). The molecule has 1 aromatic carbocycles. The average molecular weight is 424 g/mol. The molecule has 30 heavy (non-hydrogen) atoms. The van der Waals surface area contributed by atoms with Gasteiger partial charge in [0.15, 0.2) is 0 Å². The van der Waals surface area contributed by atoms with Crippen molar-refractivity contribution in [1.29, 1.82) is 0 Å². The van der Waals surface area contributed by atoms with Crippen LogP contribution in [0.25, 0.3) is 0 Å². The molecule has 1 aliphatic heterocycles. The van der Waals surface area contributed by atoms with Gasteiger partial charge in [0, 0.05) is 13.1 Å². The quantitative estimate of drug-likeness (QED) is 0.502. The summed E-state index contributed by atoms with van der Waals surface area (Å²) in [6.45, 7) is -2.56. The number of carbonyl (C=O) groups is 1. The second-order valence-corrected chi connectivity index (χ2v) is 6.52. The van der Waals surface area contributed by atoms with Crippen molar-refractivity contribution in [2.24, 2.45) is 5.92 Å². The number of hydrogen-bond acceptors (Lipinski definition) is 8. The van der Waals surface area contributed by atoms with Crippen LogP contribution in [0.3, 0.4) is 0 Å². The van der Waals surface area contributed by atoms with Gasteiger partial charge in [-0.2, -0.15) is 13.8 Å². The summed E-state index contributed by atoms with van der Waals surface area (Å²) in [4.78, 5) is 31.6. The first-order valence-electron chi connectivity index (χ1n) is 8.99. The predicted molar refractivity (Wildman–Crippen MR) is 98.7 cm³/mol. The number of piperidine rings is 1. The summed E-state index contributed by atoms with van der Waals surface area (Å²) in [6.07, 6.45) is 1.80. The molecule has 0 spiro atoms. The van der Waals surface area contributed by atoms with E-state index in [9.17, 15) is 23.7 Å². The Bertz CT molecular complexity index is 921. The molecule has 2 aromatic rings. The molecule has 0 aliphatic carbocycles. The zero-order chi connectivity index (χ0) is 21.7. The Hall–Kier alpha value is -3.57. The molecule has 1 aliphatic rings. The molecular formula is C18H18F2N4O6. The van der Waals surface area contributed by atoms with E-state index in [-0.39, 0.29) is 24.1 Å². The lowest BCUT2D eigenvalue weighted by molar-refractivity contribution is -0.385. The van der Waals surface area contributed by atoms with Gasteiger partial charge >= 0.3 is 18.3 Å². The molecule has 12 heteroatoms. The Kier molecular flexibility index (Phi) is 6.54. The number of nitro groups is 1. The minimum absolute atomic E-state index is 0.0450. The van der Waals surface area contributed by atoms with E-state index < -0.39 is 29.1 Å². The summed E-state index contributed by atoms with van der Waals surface area (Å²) in [6, 6.07) is 5.75. The fraction of sp³-hybridized carbons (Fsp3) is 0.389. The summed E-state index contributed by atoms with van der Waals surface area (Å²) < 4.78 is 34.5. The highest BCUT2D eigenvalue weighted by molar-refractivity contribution is 5.71. The van der Waals surface area contributed by atoms with Gasteiger partial charge < -0.3 is 19.5 Å². The van der Waals surface area contributed by atoms with Crippen molar-refractivity contribution in [1.82, 2.24) is 9.97 Å². The maximum atomic E-state index is 12.4. The molecule has 0 amide bonds. The van der Waals surface area contributed by atoms with Gasteiger partial charge in [-0.15, -0.1) is 0 Å². The molecule has 10 nitrogen and oxygen atoms in total. The first-order chi connectivity index (χ1) is 14.3. The number of nitrogens with zero attached hydrogens (tertiary/aromatic N) is 4. The summed E-state index contributed by atoms with van der Waals surface area (Å²) in [5.41, 5.74) is 0.0103. The van der Waals surface area contributed by atoms with E-state index >= 15 is 0 Å². The number of hydrogen-bond donors (Lipinski definition) is 1. The van der Waals surface area contributed by atoms with Crippen LogP contribution in [-0.4, -0.2) is 45.7 Å². The van der Waals surface area contributed by atoms with E-state index in [2.05, 4.69) is 14.7 Å². The van der Waals surface area contributed by atoms with Crippen LogP contribution in [0, 0.1) is 16.0 Å². The van der Waals surface area contributed by atoms with E-state index in [1.807, 2.05) is 0 Å². The number of carboxylic acid groups (broad SMARTS) is 1. The van der Waals surface area contributed by atoms with E-state index in [0.29, 0.717) is 31.5 Å². The van der Waals surface area contributed by atoms with Crippen LogP contribution in [0.4, 0.5) is 20.3 Å². The molecule has 1 saturated heterocycles. The Balaban J connectivity index is 1.77. The molecular weight excluding hydrogens is 406 g/mol. The highest BCUT2D eigenvalue weighted by Crippen LogP contribution is 2.35. The zero-order valence-electron chi connectivity index (χ0n) is 15.6. The van der Waals surface area contributed by atoms with Crippen LogP contribution < -0.4 is 14.4 Å². The number of rotatable bonds is 8.